The molecule has 0 unspecified atom stereocenters. The quantitative estimate of drug-likeness (QED) is 0.941. The Bertz CT molecular complexity index is 702. The van der Waals surface area contributed by atoms with Gasteiger partial charge in [-0.25, -0.2) is 0 Å². The molecule has 1 saturated carbocycles. The van der Waals surface area contributed by atoms with Crippen LogP contribution in [0.2, 0.25) is 0 Å². The number of ether oxygens (including phenoxy) is 1. The summed E-state index contributed by atoms with van der Waals surface area (Å²) in [5, 5.41) is 8.10. The lowest BCUT2D eigenvalue weighted by molar-refractivity contribution is -0.0368. The van der Waals surface area contributed by atoms with Crippen LogP contribution in [0, 0.1) is 6.92 Å². The molecule has 23 heavy (non-hydrogen) atoms. The van der Waals surface area contributed by atoms with Gasteiger partial charge in [0.1, 0.15) is 11.4 Å². The molecule has 0 amide bonds. The molecule has 2 aromatic rings. The maximum absolute atomic E-state index is 6.32. The fourth-order valence-corrected chi connectivity index (χ4v) is 3.85. The first-order valence-corrected chi connectivity index (χ1v) is 8.66. The molecule has 1 aromatic carbocycles. The molecule has 4 nitrogen and oxygen atoms in total. The lowest BCUT2D eigenvalue weighted by Gasteiger charge is -2.48. The van der Waals surface area contributed by atoms with E-state index in [0.29, 0.717) is 6.04 Å². The normalized spacial score (nSPS) is 21.6. The van der Waals surface area contributed by atoms with Crippen molar-refractivity contribution < 1.29 is 4.74 Å². The highest BCUT2D eigenvalue weighted by molar-refractivity contribution is 5.39. The van der Waals surface area contributed by atoms with Gasteiger partial charge in [-0.05, 0) is 50.8 Å². The maximum atomic E-state index is 6.32. The number of hydrogen-bond acceptors (Lipinski definition) is 3. The van der Waals surface area contributed by atoms with Crippen LogP contribution in [0.15, 0.2) is 30.5 Å². The third-order valence-corrected chi connectivity index (χ3v) is 5.58. The van der Waals surface area contributed by atoms with Crippen LogP contribution in [0.25, 0.3) is 0 Å². The minimum absolute atomic E-state index is 0.0935. The lowest BCUT2D eigenvalue weighted by atomic mass is 9.73. The number of nitrogens with one attached hydrogen (secondary N) is 1. The van der Waals surface area contributed by atoms with Crippen molar-refractivity contribution in [2.24, 2.45) is 7.05 Å². The maximum Gasteiger partial charge on any atom is 0.124 e. The first-order chi connectivity index (χ1) is 11.2. The summed E-state index contributed by atoms with van der Waals surface area (Å²) in [7, 11) is 2.00. The summed E-state index contributed by atoms with van der Waals surface area (Å²) < 4.78 is 8.27. The van der Waals surface area contributed by atoms with Crippen molar-refractivity contribution in [2.45, 2.75) is 50.7 Å². The van der Waals surface area contributed by atoms with Crippen molar-refractivity contribution in [3.05, 3.63) is 47.3 Å². The van der Waals surface area contributed by atoms with Gasteiger partial charge < -0.3 is 10.1 Å². The van der Waals surface area contributed by atoms with E-state index in [-0.39, 0.29) is 5.60 Å². The standard InChI is InChI=1S/C19H25N3O/c1-14-15(13-21-22(14)2)8-11-20-17-12-19(9-5-10-19)23-18-7-4-3-6-16(17)18/h3-4,6-7,13,17,20H,5,8-12H2,1-2H3/t17-/m1/s1. The molecule has 2 aliphatic rings. The summed E-state index contributed by atoms with van der Waals surface area (Å²) in [5.74, 6) is 1.08. The molecule has 122 valence electrons. The second kappa shape index (κ2) is 5.68. The third kappa shape index (κ3) is 2.65. The van der Waals surface area contributed by atoms with Crippen molar-refractivity contribution in [3.63, 3.8) is 0 Å². The van der Waals surface area contributed by atoms with Crippen LogP contribution in [0.5, 0.6) is 5.75 Å². The molecule has 1 aromatic heterocycles. The van der Waals surface area contributed by atoms with Gasteiger partial charge in [-0.1, -0.05) is 18.2 Å². The van der Waals surface area contributed by atoms with Gasteiger partial charge in [-0.3, -0.25) is 4.68 Å². The van der Waals surface area contributed by atoms with Gasteiger partial charge in [-0.15, -0.1) is 0 Å². The van der Waals surface area contributed by atoms with E-state index >= 15 is 0 Å². The SMILES string of the molecule is Cc1c(CCN[C@@H]2CC3(CCC3)Oc3ccccc32)cnn1C. The lowest BCUT2D eigenvalue weighted by Crippen LogP contribution is -2.49. The summed E-state index contributed by atoms with van der Waals surface area (Å²) in [6.07, 6.45) is 7.79. The molecule has 2 heterocycles. The molecule has 1 aliphatic heterocycles. The monoisotopic (exact) mass is 311 g/mol. The van der Waals surface area contributed by atoms with Crippen molar-refractivity contribution in [3.8, 4) is 5.75 Å². The largest absolute Gasteiger partial charge is 0.487 e. The highest BCUT2D eigenvalue weighted by Gasteiger charge is 2.45. The zero-order valence-corrected chi connectivity index (χ0v) is 14.0. The smallest absolute Gasteiger partial charge is 0.124 e. The van der Waals surface area contributed by atoms with Gasteiger partial charge in [0, 0.05) is 30.8 Å². The Hall–Kier alpha value is -1.81. The van der Waals surface area contributed by atoms with Crippen LogP contribution >= 0.6 is 0 Å². The Morgan fingerprint density at radius 1 is 1.35 bits per heavy atom. The van der Waals surface area contributed by atoms with E-state index in [4.69, 9.17) is 4.74 Å². The number of rotatable bonds is 4. The summed E-state index contributed by atoms with van der Waals surface area (Å²) in [4.78, 5) is 0. The van der Waals surface area contributed by atoms with E-state index in [1.165, 1.54) is 36.1 Å². The Balaban J connectivity index is 1.46. The zero-order chi connectivity index (χ0) is 15.9. The van der Waals surface area contributed by atoms with Crippen molar-refractivity contribution in [1.82, 2.24) is 15.1 Å². The Labute approximate surface area is 137 Å². The van der Waals surface area contributed by atoms with E-state index < -0.39 is 0 Å². The average Bonchev–Trinajstić information content (AvgIpc) is 2.85. The zero-order valence-electron chi connectivity index (χ0n) is 14.0. The van der Waals surface area contributed by atoms with Gasteiger partial charge in [0.25, 0.3) is 0 Å². The molecule has 0 bridgehead atoms. The third-order valence-electron chi connectivity index (χ3n) is 5.58. The first-order valence-electron chi connectivity index (χ1n) is 8.66. The number of benzene rings is 1. The van der Waals surface area contributed by atoms with Crippen LogP contribution in [-0.2, 0) is 13.5 Å². The number of fused-ring (bicyclic) bond motifs is 1. The summed E-state index contributed by atoms with van der Waals surface area (Å²) in [6.45, 7) is 3.11. The molecule has 1 atom stereocenters. The van der Waals surface area contributed by atoms with E-state index in [0.717, 1.165) is 25.1 Å². The van der Waals surface area contributed by atoms with Gasteiger partial charge >= 0.3 is 0 Å². The van der Waals surface area contributed by atoms with Gasteiger partial charge in [0.2, 0.25) is 0 Å². The number of hydrogen-bond donors (Lipinski definition) is 1. The number of aryl methyl sites for hydroxylation is 1. The summed E-state index contributed by atoms with van der Waals surface area (Å²) in [5.41, 5.74) is 4.00. The van der Waals surface area contributed by atoms with E-state index in [9.17, 15) is 0 Å². The van der Waals surface area contributed by atoms with E-state index in [2.05, 4.69) is 41.6 Å². The van der Waals surface area contributed by atoms with Crippen molar-refractivity contribution >= 4 is 0 Å². The molecule has 4 rings (SSSR count). The predicted molar refractivity (Wildman–Crippen MR) is 90.7 cm³/mol. The molecule has 1 spiro atoms. The summed E-state index contributed by atoms with van der Waals surface area (Å²) in [6, 6.07) is 8.91. The number of para-hydroxylation sites is 1. The number of aromatic nitrogens is 2. The van der Waals surface area contributed by atoms with Crippen LogP contribution in [0.4, 0.5) is 0 Å². The second-order valence-corrected chi connectivity index (χ2v) is 7.02. The molecule has 0 saturated heterocycles. The Morgan fingerprint density at radius 3 is 2.87 bits per heavy atom. The molecule has 1 N–H and O–H groups in total. The second-order valence-electron chi connectivity index (χ2n) is 7.02. The summed E-state index contributed by atoms with van der Waals surface area (Å²) >= 11 is 0. The van der Waals surface area contributed by atoms with Crippen LogP contribution in [0.3, 0.4) is 0 Å². The van der Waals surface area contributed by atoms with Crippen LogP contribution < -0.4 is 10.1 Å². The minimum Gasteiger partial charge on any atom is -0.487 e. The van der Waals surface area contributed by atoms with Gasteiger partial charge in [-0.2, -0.15) is 5.10 Å². The van der Waals surface area contributed by atoms with E-state index in [1.54, 1.807) is 0 Å². The van der Waals surface area contributed by atoms with Crippen molar-refractivity contribution in [1.29, 1.82) is 0 Å². The first kappa shape index (κ1) is 14.8. The van der Waals surface area contributed by atoms with Gasteiger partial charge in [0.05, 0.1) is 6.20 Å². The minimum atomic E-state index is 0.0935. The topological polar surface area (TPSA) is 39.1 Å². The van der Waals surface area contributed by atoms with Crippen LogP contribution in [-0.4, -0.2) is 21.9 Å². The highest BCUT2D eigenvalue weighted by atomic mass is 16.5. The molecular formula is C19H25N3O. The molecule has 0 radical (unpaired) electrons. The molecule has 1 fully saturated rings. The van der Waals surface area contributed by atoms with Gasteiger partial charge in [0.15, 0.2) is 0 Å². The highest BCUT2D eigenvalue weighted by Crippen LogP contribution is 2.48. The fraction of sp³-hybridized carbons (Fsp3) is 0.526. The average molecular weight is 311 g/mol. The van der Waals surface area contributed by atoms with E-state index in [1.807, 2.05) is 17.9 Å². The Morgan fingerprint density at radius 2 is 2.17 bits per heavy atom. The fourth-order valence-electron chi connectivity index (χ4n) is 3.85. The molecule has 1 aliphatic carbocycles. The Kier molecular flexibility index (Phi) is 3.64. The number of nitrogens with zero attached hydrogens (tertiary/aromatic N) is 2. The molecular weight excluding hydrogens is 286 g/mol. The van der Waals surface area contributed by atoms with Crippen molar-refractivity contribution in [2.75, 3.05) is 6.54 Å². The van der Waals surface area contributed by atoms with Crippen LogP contribution in [0.1, 0.15) is 48.5 Å². The predicted octanol–water partition coefficient (Wildman–Crippen LogP) is 3.31. The molecule has 4 heteroatoms.